The molecule has 0 aliphatic rings. The van der Waals surface area contributed by atoms with Crippen LogP contribution in [-0.4, -0.2) is 24.8 Å². The van der Waals surface area contributed by atoms with E-state index in [4.69, 9.17) is 0 Å². The van der Waals surface area contributed by atoms with E-state index in [1.165, 1.54) is 7.05 Å². The summed E-state index contributed by atoms with van der Waals surface area (Å²) < 4.78 is 0. The molecule has 0 fully saturated rings. The van der Waals surface area contributed by atoms with Crippen LogP contribution in [0.1, 0.15) is 33.0 Å². The lowest BCUT2D eigenvalue weighted by atomic mass is 10.1. The van der Waals surface area contributed by atoms with E-state index in [2.05, 4.69) is 16.0 Å². The summed E-state index contributed by atoms with van der Waals surface area (Å²) in [7, 11) is 1.52. The zero-order chi connectivity index (χ0) is 18.4. The lowest BCUT2D eigenvalue weighted by Gasteiger charge is -2.08. The van der Waals surface area contributed by atoms with Gasteiger partial charge in [-0.2, -0.15) is 0 Å². The molecule has 7 heteroatoms. The van der Waals surface area contributed by atoms with Crippen LogP contribution in [-0.2, 0) is 4.79 Å². The van der Waals surface area contributed by atoms with Gasteiger partial charge >= 0.3 is 6.03 Å². The number of hydrogen-bond acceptors (Lipinski definition) is 4. The lowest BCUT2D eigenvalue weighted by molar-refractivity contribution is -0.116. The molecule has 0 saturated carbocycles. The first-order valence-corrected chi connectivity index (χ1v) is 8.69. The van der Waals surface area contributed by atoms with Crippen molar-refractivity contribution in [3.63, 3.8) is 0 Å². The van der Waals surface area contributed by atoms with Crippen LogP contribution in [0, 0.1) is 13.8 Å². The second-order valence-corrected chi connectivity index (χ2v) is 7.04. The predicted octanol–water partition coefficient (Wildman–Crippen LogP) is 3.72. The van der Waals surface area contributed by atoms with Crippen molar-refractivity contribution >= 4 is 40.4 Å². The summed E-state index contributed by atoms with van der Waals surface area (Å²) in [4.78, 5) is 37.7. The van der Waals surface area contributed by atoms with Crippen molar-refractivity contribution in [2.75, 3.05) is 17.7 Å². The lowest BCUT2D eigenvalue weighted by Crippen LogP contribution is -2.24. The summed E-state index contributed by atoms with van der Waals surface area (Å²) in [6.07, 6.45) is 0.277. The minimum Gasteiger partial charge on any atom is -0.341 e. The molecule has 0 atom stereocenters. The molecule has 132 valence electrons. The summed E-state index contributed by atoms with van der Waals surface area (Å²) in [5.41, 5.74) is 1.83. The Morgan fingerprint density at radius 2 is 1.68 bits per heavy atom. The van der Waals surface area contributed by atoms with Crippen LogP contribution in [0.5, 0.6) is 0 Å². The number of urea groups is 1. The molecule has 0 aliphatic carbocycles. The highest BCUT2D eigenvalue weighted by atomic mass is 32.1. The van der Waals surface area contributed by atoms with Gasteiger partial charge in [-0.1, -0.05) is 6.07 Å². The largest absolute Gasteiger partial charge is 0.341 e. The van der Waals surface area contributed by atoms with Crippen LogP contribution in [0.25, 0.3) is 0 Å². The van der Waals surface area contributed by atoms with E-state index < -0.39 is 0 Å². The van der Waals surface area contributed by atoms with E-state index in [-0.39, 0.29) is 30.6 Å². The Morgan fingerprint density at radius 3 is 2.28 bits per heavy atom. The van der Waals surface area contributed by atoms with Gasteiger partial charge in [-0.3, -0.25) is 9.59 Å². The number of benzene rings is 1. The average Bonchev–Trinajstić information content (AvgIpc) is 2.91. The standard InChI is InChI=1S/C18H21N3O3S/c1-11-9-15(12(2)25-11)16(22)7-8-17(23)20-13-5-4-6-14(10-13)21-18(24)19-3/h4-6,9-10H,7-8H2,1-3H3,(H,20,23)(H2,19,21,24). The number of carbonyl (C=O) groups excluding carboxylic acids is 3. The van der Waals surface area contributed by atoms with Gasteiger partial charge in [-0.15, -0.1) is 11.3 Å². The second-order valence-electron chi connectivity index (χ2n) is 5.58. The van der Waals surface area contributed by atoms with Gasteiger partial charge in [0.05, 0.1) is 0 Å². The third-order valence-electron chi connectivity index (χ3n) is 3.55. The van der Waals surface area contributed by atoms with Crippen LogP contribution < -0.4 is 16.0 Å². The van der Waals surface area contributed by atoms with Crippen LogP contribution in [0.4, 0.5) is 16.2 Å². The number of amides is 3. The highest BCUT2D eigenvalue weighted by molar-refractivity contribution is 7.12. The molecule has 1 aromatic carbocycles. The number of rotatable bonds is 6. The van der Waals surface area contributed by atoms with Crippen molar-refractivity contribution in [3.8, 4) is 0 Å². The van der Waals surface area contributed by atoms with Crippen molar-refractivity contribution < 1.29 is 14.4 Å². The molecule has 0 spiro atoms. The number of anilines is 2. The molecule has 1 aromatic heterocycles. The monoisotopic (exact) mass is 359 g/mol. The molecule has 3 amide bonds. The fourth-order valence-corrected chi connectivity index (χ4v) is 3.30. The van der Waals surface area contributed by atoms with Crippen LogP contribution >= 0.6 is 11.3 Å². The number of hydrogen-bond donors (Lipinski definition) is 3. The van der Waals surface area contributed by atoms with Gasteiger partial charge in [0.1, 0.15) is 0 Å². The highest BCUT2D eigenvalue weighted by Crippen LogP contribution is 2.22. The Hall–Kier alpha value is -2.67. The van der Waals surface area contributed by atoms with Crippen molar-refractivity contribution in [2.45, 2.75) is 26.7 Å². The minimum absolute atomic E-state index is 0.0213. The Morgan fingerprint density at radius 1 is 1.00 bits per heavy atom. The Balaban J connectivity index is 1.90. The van der Waals surface area contributed by atoms with E-state index in [9.17, 15) is 14.4 Å². The summed E-state index contributed by atoms with van der Waals surface area (Å²) in [6, 6.07) is 8.35. The normalized spacial score (nSPS) is 10.2. The first-order valence-electron chi connectivity index (χ1n) is 7.88. The minimum atomic E-state index is -0.338. The Kier molecular flexibility index (Phi) is 6.30. The van der Waals surface area contributed by atoms with Crippen LogP contribution in [0.15, 0.2) is 30.3 Å². The molecule has 0 bridgehead atoms. The predicted molar refractivity (Wildman–Crippen MR) is 101 cm³/mol. The summed E-state index contributed by atoms with van der Waals surface area (Å²) >= 11 is 1.58. The fraction of sp³-hybridized carbons (Fsp3) is 0.278. The maximum atomic E-state index is 12.2. The summed E-state index contributed by atoms with van der Waals surface area (Å²) in [5.74, 6) is -0.262. The molecule has 2 rings (SSSR count). The van der Waals surface area contributed by atoms with Crippen LogP contribution in [0.3, 0.4) is 0 Å². The van der Waals surface area contributed by atoms with Crippen molar-refractivity contribution in [3.05, 3.63) is 45.6 Å². The van der Waals surface area contributed by atoms with E-state index in [0.29, 0.717) is 16.9 Å². The van der Waals surface area contributed by atoms with E-state index in [1.807, 2.05) is 19.9 Å². The van der Waals surface area contributed by atoms with E-state index in [0.717, 1.165) is 9.75 Å². The van der Waals surface area contributed by atoms with E-state index in [1.54, 1.807) is 35.6 Å². The van der Waals surface area contributed by atoms with E-state index >= 15 is 0 Å². The molecule has 0 aliphatic heterocycles. The van der Waals surface area contributed by atoms with Crippen LogP contribution in [0.2, 0.25) is 0 Å². The molecule has 0 radical (unpaired) electrons. The summed E-state index contributed by atoms with van der Waals surface area (Å²) in [6.45, 7) is 3.87. The van der Waals surface area contributed by atoms with Gasteiger partial charge in [0, 0.05) is 46.6 Å². The number of thiophene rings is 1. The van der Waals surface area contributed by atoms with Gasteiger partial charge in [0.2, 0.25) is 5.91 Å². The second kappa shape index (κ2) is 8.43. The third kappa shape index (κ3) is 5.42. The van der Waals surface area contributed by atoms with Gasteiger partial charge < -0.3 is 16.0 Å². The van der Waals surface area contributed by atoms with Gasteiger partial charge in [0.15, 0.2) is 5.78 Å². The van der Waals surface area contributed by atoms with Gasteiger partial charge in [0.25, 0.3) is 0 Å². The quantitative estimate of drug-likeness (QED) is 0.687. The molecule has 0 saturated heterocycles. The molecular formula is C18H21N3O3S. The van der Waals surface area contributed by atoms with Crippen molar-refractivity contribution in [1.29, 1.82) is 0 Å². The molecule has 0 unspecified atom stereocenters. The maximum absolute atomic E-state index is 12.2. The fourth-order valence-electron chi connectivity index (χ4n) is 2.36. The zero-order valence-electron chi connectivity index (χ0n) is 14.4. The van der Waals surface area contributed by atoms with Crippen molar-refractivity contribution in [2.24, 2.45) is 0 Å². The van der Waals surface area contributed by atoms with Crippen molar-refractivity contribution in [1.82, 2.24) is 5.32 Å². The average molecular weight is 359 g/mol. The maximum Gasteiger partial charge on any atom is 0.318 e. The number of Topliss-reactive ketones (excluding diaryl/α,β-unsaturated/α-hetero) is 1. The first-order chi connectivity index (χ1) is 11.9. The third-order valence-corrected chi connectivity index (χ3v) is 4.52. The molecule has 3 N–H and O–H groups in total. The first kappa shape index (κ1) is 18.7. The molecule has 25 heavy (non-hydrogen) atoms. The number of aryl methyl sites for hydroxylation is 2. The Bertz CT molecular complexity index is 799. The Labute approximate surface area is 150 Å². The number of carbonyl (C=O) groups is 3. The topological polar surface area (TPSA) is 87.3 Å². The molecule has 2 aromatic rings. The number of ketones is 1. The van der Waals surface area contributed by atoms with Gasteiger partial charge in [-0.05, 0) is 38.1 Å². The molecular weight excluding hydrogens is 338 g/mol. The SMILES string of the molecule is CNC(=O)Nc1cccc(NC(=O)CCC(=O)c2cc(C)sc2C)c1. The summed E-state index contributed by atoms with van der Waals surface area (Å²) in [5, 5.41) is 7.83. The van der Waals surface area contributed by atoms with Gasteiger partial charge in [-0.25, -0.2) is 4.79 Å². The highest BCUT2D eigenvalue weighted by Gasteiger charge is 2.14. The molecule has 1 heterocycles. The zero-order valence-corrected chi connectivity index (χ0v) is 15.3. The number of nitrogens with one attached hydrogen (secondary N) is 3. The molecule has 6 nitrogen and oxygen atoms in total. The smallest absolute Gasteiger partial charge is 0.318 e.